The molecule has 0 amide bonds. The van der Waals surface area contributed by atoms with Crippen molar-refractivity contribution in [3.63, 3.8) is 0 Å². The summed E-state index contributed by atoms with van der Waals surface area (Å²) < 4.78 is 16.9. The lowest BCUT2D eigenvalue weighted by Gasteiger charge is -2.63. The predicted molar refractivity (Wildman–Crippen MR) is 99.9 cm³/mol. The molecule has 0 unspecified atom stereocenters. The zero-order valence-corrected chi connectivity index (χ0v) is 16.6. The van der Waals surface area contributed by atoms with Gasteiger partial charge >= 0.3 is 0 Å². The number of Topliss-reactive ketones (excluding diaryl/α,β-unsaturated/α-hetero) is 1. The van der Waals surface area contributed by atoms with E-state index in [4.69, 9.17) is 0 Å². The number of carbonyl (C=O) groups is 2. The second kappa shape index (κ2) is 5.83. The largest absolute Gasteiger partial charge is 0.390 e. The molecule has 5 nitrogen and oxygen atoms in total. The van der Waals surface area contributed by atoms with E-state index in [1.165, 1.54) is 12.2 Å². The summed E-state index contributed by atoms with van der Waals surface area (Å²) in [4.78, 5) is 24.3. The molecule has 6 heteroatoms. The van der Waals surface area contributed by atoms with E-state index < -0.39 is 46.5 Å². The molecule has 4 aliphatic carbocycles. The van der Waals surface area contributed by atoms with E-state index in [1.807, 2.05) is 6.92 Å². The van der Waals surface area contributed by atoms with Crippen LogP contribution in [0.2, 0.25) is 0 Å². The van der Waals surface area contributed by atoms with Crippen LogP contribution in [0, 0.1) is 28.6 Å². The van der Waals surface area contributed by atoms with Crippen LogP contribution >= 0.6 is 0 Å². The molecular weight excluding hydrogens is 363 g/mol. The molecule has 0 spiro atoms. The van der Waals surface area contributed by atoms with Crippen molar-refractivity contribution < 1.29 is 29.3 Å². The van der Waals surface area contributed by atoms with Crippen LogP contribution in [-0.2, 0) is 9.59 Å². The fraction of sp³-hybridized carbons (Fsp3) is 0.727. The van der Waals surface area contributed by atoms with Gasteiger partial charge in [-0.2, -0.15) is 0 Å². The Hall–Kier alpha value is -1.37. The zero-order valence-electron chi connectivity index (χ0n) is 16.6. The number of hydrogen-bond donors (Lipinski definition) is 3. The molecule has 0 aliphatic heterocycles. The fourth-order valence-electron chi connectivity index (χ4n) is 7.19. The summed E-state index contributed by atoms with van der Waals surface area (Å²) in [6, 6.07) is 0. The number of aliphatic hydroxyl groups is 3. The Bertz CT molecular complexity index is 805. The molecule has 0 aromatic heterocycles. The van der Waals surface area contributed by atoms with Gasteiger partial charge in [0.15, 0.2) is 17.2 Å². The third-order valence-corrected chi connectivity index (χ3v) is 8.73. The number of ketones is 2. The lowest BCUT2D eigenvalue weighted by Crippen LogP contribution is -2.69. The van der Waals surface area contributed by atoms with Crippen molar-refractivity contribution in [3.05, 3.63) is 23.8 Å². The summed E-state index contributed by atoms with van der Waals surface area (Å²) >= 11 is 0. The Balaban J connectivity index is 1.84. The van der Waals surface area contributed by atoms with Gasteiger partial charge in [-0.1, -0.05) is 25.5 Å². The molecule has 3 fully saturated rings. The van der Waals surface area contributed by atoms with Crippen molar-refractivity contribution in [2.75, 3.05) is 6.61 Å². The van der Waals surface area contributed by atoms with Crippen molar-refractivity contribution in [1.82, 2.24) is 0 Å². The van der Waals surface area contributed by atoms with Gasteiger partial charge in [0.2, 0.25) is 0 Å². The molecule has 0 aromatic rings. The first-order valence-electron chi connectivity index (χ1n) is 10.1. The highest BCUT2D eigenvalue weighted by atomic mass is 19.1. The third-order valence-electron chi connectivity index (χ3n) is 8.73. The van der Waals surface area contributed by atoms with Crippen molar-refractivity contribution in [3.8, 4) is 0 Å². The number of alkyl halides is 1. The van der Waals surface area contributed by atoms with E-state index >= 15 is 4.39 Å². The predicted octanol–water partition coefficient (Wildman–Crippen LogP) is 1.90. The van der Waals surface area contributed by atoms with Gasteiger partial charge in [0, 0.05) is 16.7 Å². The molecule has 0 saturated heterocycles. The first-order valence-corrected chi connectivity index (χ1v) is 10.1. The summed E-state index contributed by atoms with van der Waals surface area (Å²) in [6.07, 6.45) is 4.09. The first kappa shape index (κ1) is 19.9. The summed E-state index contributed by atoms with van der Waals surface area (Å²) in [7, 11) is 0. The van der Waals surface area contributed by atoms with Gasteiger partial charge < -0.3 is 15.3 Å². The van der Waals surface area contributed by atoms with E-state index in [0.717, 1.165) is 0 Å². The van der Waals surface area contributed by atoms with E-state index in [0.29, 0.717) is 18.4 Å². The number of fused-ring (bicyclic) bond motifs is 5. The normalized spacial score (nSPS) is 52.5. The Morgan fingerprint density at radius 3 is 2.64 bits per heavy atom. The molecule has 3 N–H and O–H groups in total. The number of rotatable bonds is 2. The van der Waals surface area contributed by atoms with E-state index in [1.54, 1.807) is 19.9 Å². The second-order valence-corrected chi connectivity index (χ2v) is 9.77. The van der Waals surface area contributed by atoms with Gasteiger partial charge in [0.05, 0.1) is 6.10 Å². The van der Waals surface area contributed by atoms with Crippen LogP contribution in [0.5, 0.6) is 0 Å². The lowest BCUT2D eigenvalue weighted by molar-refractivity contribution is -0.221. The molecule has 0 aromatic carbocycles. The van der Waals surface area contributed by atoms with Gasteiger partial charge in [-0.15, -0.1) is 0 Å². The average molecular weight is 392 g/mol. The maximum absolute atomic E-state index is 16.9. The van der Waals surface area contributed by atoms with Crippen molar-refractivity contribution in [2.24, 2.45) is 28.6 Å². The van der Waals surface area contributed by atoms with Gasteiger partial charge in [-0.05, 0) is 56.6 Å². The van der Waals surface area contributed by atoms with Gasteiger partial charge in [-0.3, -0.25) is 9.59 Å². The van der Waals surface area contributed by atoms with Crippen LogP contribution in [0.3, 0.4) is 0 Å². The fourth-order valence-corrected chi connectivity index (χ4v) is 7.19. The van der Waals surface area contributed by atoms with Crippen molar-refractivity contribution >= 4 is 11.6 Å². The Kier molecular flexibility index (Phi) is 4.15. The molecule has 4 rings (SSSR count). The van der Waals surface area contributed by atoms with Gasteiger partial charge in [0.1, 0.15) is 12.2 Å². The van der Waals surface area contributed by atoms with Crippen LogP contribution in [-0.4, -0.2) is 50.9 Å². The molecule has 0 bridgehead atoms. The third kappa shape index (κ3) is 2.06. The highest BCUT2D eigenvalue weighted by molar-refractivity contribution is 6.01. The minimum absolute atomic E-state index is 0.0513. The van der Waals surface area contributed by atoms with Crippen molar-refractivity contribution in [2.45, 2.75) is 63.8 Å². The lowest BCUT2D eigenvalue weighted by atomic mass is 9.43. The Labute approximate surface area is 164 Å². The number of halogens is 1. The van der Waals surface area contributed by atoms with Crippen LogP contribution in [0.1, 0.15) is 46.5 Å². The summed E-state index contributed by atoms with van der Waals surface area (Å²) in [6.45, 7) is 4.69. The minimum Gasteiger partial charge on any atom is -0.390 e. The number of hydrogen-bond acceptors (Lipinski definition) is 5. The average Bonchev–Trinajstić information content (AvgIpc) is 2.91. The highest BCUT2D eigenvalue weighted by Crippen LogP contribution is 2.70. The van der Waals surface area contributed by atoms with E-state index in [2.05, 4.69) is 0 Å². The molecule has 8 atom stereocenters. The van der Waals surface area contributed by atoms with Crippen LogP contribution < -0.4 is 0 Å². The molecule has 4 aliphatic rings. The van der Waals surface area contributed by atoms with E-state index in [-0.39, 0.29) is 30.5 Å². The maximum Gasteiger partial charge on any atom is 0.190 e. The molecule has 0 radical (unpaired) electrons. The minimum atomic E-state index is -1.99. The molecule has 3 saturated carbocycles. The Morgan fingerprint density at radius 2 is 2.00 bits per heavy atom. The maximum atomic E-state index is 16.9. The first-order chi connectivity index (χ1) is 13.0. The SMILES string of the molecule is C[C@@H]1C[C@H]2[C@@H]3CC[C@@](O)(C(=O)CO)[C@@]3(C)C[C@H](O)[C@]2(F)[C@@]2(C)C=CC(=O)C=C12. The Morgan fingerprint density at radius 1 is 1.32 bits per heavy atom. The van der Waals surface area contributed by atoms with E-state index in [9.17, 15) is 24.9 Å². The molecule has 0 heterocycles. The topological polar surface area (TPSA) is 94.8 Å². The quantitative estimate of drug-likeness (QED) is 0.667. The molecular formula is C22H29FO5. The second-order valence-electron chi connectivity index (χ2n) is 9.77. The molecule has 154 valence electrons. The smallest absolute Gasteiger partial charge is 0.190 e. The van der Waals surface area contributed by atoms with Crippen molar-refractivity contribution in [1.29, 1.82) is 0 Å². The number of carbonyl (C=O) groups excluding carboxylic acids is 2. The summed E-state index contributed by atoms with van der Waals surface area (Å²) in [5.74, 6) is -1.73. The zero-order chi connectivity index (χ0) is 20.7. The van der Waals surface area contributed by atoms with Crippen LogP contribution in [0.15, 0.2) is 23.8 Å². The summed E-state index contributed by atoms with van der Waals surface area (Å²) in [5.41, 5.74) is -5.14. The standard InChI is InChI=1S/C22H29FO5/c1-12-8-16-14-5-7-21(28,18(27)11-24)20(14,3)10-17(26)22(16,23)19(2)6-4-13(25)9-15(12)19/h4,6,9,12,14,16-17,24,26,28H,5,7-8,10-11H2,1-3H3/t12-,14+,16+,17+,19+,20+,21-,22+/m1/s1. The van der Waals surface area contributed by atoms with Crippen LogP contribution in [0.25, 0.3) is 0 Å². The van der Waals surface area contributed by atoms with Gasteiger partial charge in [-0.25, -0.2) is 4.39 Å². The summed E-state index contributed by atoms with van der Waals surface area (Å²) in [5, 5.41) is 31.7. The number of allylic oxidation sites excluding steroid dienone is 4. The molecule has 28 heavy (non-hydrogen) atoms. The highest BCUT2D eigenvalue weighted by Gasteiger charge is 2.74. The van der Waals surface area contributed by atoms with Gasteiger partial charge in [0.25, 0.3) is 0 Å². The number of aliphatic hydroxyl groups excluding tert-OH is 2. The van der Waals surface area contributed by atoms with Crippen LogP contribution in [0.4, 0.5) is 4.39 Å². The monoisotopic (exact) mass is 392 g/mol.